The summed E-state index contributed by atoms with van der Waals surface area (Å²) in [4.78, 5) is 0. The van der Waals surface area contributed by atoms with Crippen molar-refractivity contribution in [1.29, 1.82) is 0 Å². The van der Waals surface area contributed by atoms with E-state index in [4.69, 9.17) is 5.73 Å². The van der Waals surface area contributed by atoms with E-state index >= 15 is 0 Å². The van der Waals surface area contributed by atoms with Crippen LogP contribution in [0, 0.1) is 0 Å². The minimum absolute atomic E-state index is 0.199. The second-order valence-corrected chi connectivity index (χ2v) is 6.68. The molecule has 1 unspecified atom stereocenters. The van der Waals surface area contributed by atoms with E-state index < -0.39 is 21.7 Å². The molecule has 4 N–H and O–H groups in total. The Morgan fingerprint density at radius 3 is 2.44 bits per heavy atom. The molecule has 1 rings (SSSR count). The SMILES string of the molecule is CC(O)C(C)(C)NS(=O)(=O)Cc1ccccc1N. The van der Waals surface area contributed by atoms with Crippen LogP contribution in [0.25, 0.3) is 0 Å². The smallest absolute Gasteiger partial charge is 0.216 e. The van der Waals surface area contributed by atoms with Gasteiger partial charge in [-0.2, -0.15) is 0 Å². The summed E-state index contributed by atoms with van der Waals surface area (Å²) in [7, 11) is -3.55. The average molecular weight is 272 g/mol. The highest BCUT2D eigenvalue weighted by molar-refractivity contribution is 7.88. The third-order valence-corrected chi connectivity index (χ3v) is 4.39. The van der Waals surface area contributed by atoms with Crippen LogP contribution in [0.4, 0.5) is 5.69 Å². The highest BCUT2D eigenvalue weighted by Gasteiger charge is 2.29. The molecule has 6 heteroatoms. The van der Waals surface area contributed by atoms with Gasteiger partial charge in [0, 0.05) is 5.69 Å². The monoisotopic (exact) mass is 272 g/mol. The number of rotatable bonds is 5. The molecule has 0 radical (unpaired) electrons. The maximum absolute atomic E-state index is 12.0. The molecule has 0 aliphatic heterocycles. The summed E-state index contributed by atoms with van der Waals surface area (Å²) in [6.45, 7) is 4.80. The lowest BCUT2D eigenvalue weighted by Crippen LogP contribution is -2.51. The zero-order valence-corrected chi connectivity index (χ0v) is 11.7. The minimum atomic E-state index is -3.55. The number of sulfonamides is 1. The molecule has 0 fully saturated rings. The molecular formula is C12H20N2O3S. The lowest BCUT2D eigenvalue weighted by molar-refractivity contribution is 0.111. The Bertz CT molecular complexity index is 510. The van der Waals surface area contributed by atoms with Gasteiger partial charge in [0.25, 0.3) is 0 Å². The maximum Gasteiger partial charge on any atom is 0.216 e. The van der Waals surface area contributed by atoms with Crippen LogP contribution >= 0.6 is 0 Å². The standard InChI is InChI=1S/C12H20N2O3S/c1-9(15)12(2,3)14-18(16,17)8-10-6-4-5-7-11(10)13/h4-7,9,14-15H,8,13H2,1-3H3. The van der Waals surface area contributed by atoms with Crippen LogP contribution < -0.4 is 10.5 Å². The van der Waals surface area contributed by atoms with E-state index in [0.29, 0.717) is 11.3 Å². The average Bonchev–Trinajstić information content (AvgIpc) is 2.19. The van der Waals surface area contributed by atoms with Crippen LogP contribution in [0.5, 0.6) is 0 Å². The normalized spacial score (nSPS) is 14.4. The molecule has 0 spiro atoms. The lowest BCUT2D eigenvalue weighted by Gasteiger charge is -2.29. The van der Waals surface area contributed by atoms with Crippen LogP contribution in [-0.4, -0.2) is 25.2 Å². The molecule has 0 amide bonds. The van der Waals surface area contributed by atoms with Crippen molar-refractivity contribution >= 4 is 15.7 Å². The van der Waals surface area contributed by atoms with E-state index in [1.165, 1.54) is 0 Å². The molecule has 1 aromatic carbocycles. The van der Waals surface area contributed by atoms with Gasteiger partial charge in [0.05, 0.1) is 17.4 Å². The topological polar surface area (TPSA) is 92.4 Å². The maximum atomic E-state index is 12.0. The van der Waals surface area contributed by atoms with Gasteiger partial charge in [-0.15, -0.1) is 0 Å². The molecule has 0 bridgehead atoms. The Balaban J connectivity index is 2.87. The van der Waals surface area contributed by atoms with E-state index in [2.05, 4.69) is 4.72 Å². The van der Waals surface area contributed by atoms with Gasteiger partial charge in [-0.05, 0) is 32.4 Å². The predicted molar refractivity (Wildman–Crippen MR) is 72.4 cm³/mol. The Labute approximate surface area is 108 Å². The largest absolute Gasteiger partial charge is 0.398 e. The van der Waals surface area contributed by atoms with Crippen molar-refractivity contribution in [2.45, 2.75) is 38.2 Å². The fraction of sp³-hybridized carbons (Fsp3) is 0.500. The first kappa shape index (κ1) is 14.9. The summed E-state index contributed by atoms with van der Waals surface area (Å²) in [5.41, 5.74) is 5.79. The molecular weight excluding hydrogens is 252 g/mol. The summed E-state index contributed by atoms with van der Waals surface area (Å²) in [6, 6.07) is 6.81. The van der Waals surface area contributed by atoms with E-state index in [1.54, 1.807) is 45.0 Å². The van der Waals surface area contributed by atoms with Gasteiger partial charge >= 0.3 is 0 Å². The summed E-state index contributed by atoms with van der Waals surface area (Å²) >= 11 is 0. The third kappa shape index (κ3) is 3.97. The highest BCUT2D eigenvalue weighted by atomic mass is 32.2. The molecule has 0 saturated heterocycles. The Morgan fingerprint density at radius 2 is 1.94 bits per heavy atom. The first-order valence-electron chi connectivity index (χ1n) is 5.67. The van der Waals surface area contributed by atoms with Crippen molar-refractivity contribution in [3.05, 3.63) is 29.8 Å². The van der Waals surface area contributed by atoms with Gasteiger partial charge in [-0.3, -0.25) is 0 Å². The number of hydrogen-bond acceptors (Lipinski definition) is 4. The minimum Gasteiger partial charge on any atom is -0.398 e. The molecule has 1 atom stereocenters. The molecule has 0 aliphatic rings. The lowest BCUT2D eigenvalue weighted by atomic mass is 10.0. The Morgan fingerprint density at radius 1 is 1.39 bits per heavy atom. The van der Waals surface area contributed by atoms with E-state index in [9.17, 15) is 13.5 Å². The van der Waals surface area contributed by atoms with Crippen molar-refractivity contribution in [2.24, 2.45) is 0 Å². The number of nitrogens with one attached hydrogen (secondary N) is 1. The third-order valence-electron chi connectivity index (χ3n) is 2.86. The Hall–Kier alpha value is -1.11. The predicted octanol–water partition coefficient (Wildman–Crippen LogP) is 0.848. The van der Waals surface area contributed by atoms with Crippen LogP contribution in [-0.2, 0) is 15.8 Å². The van der Waals surface area contributed by atoms with Gasteiger partial charge in [0.1, 0.15) is 0 Å². The second-order valence-electron chi connectivity index (χ2n) is 4.96. The number of para-hydroxylation sites is 1. The zero-order valence-electron chi connectivity index (χ0n) is 10.8. The van der Waals surface area contributed by atoms with Crippen molar-refractivity contribution < 1.29 is 13.5 Å². The van der Waals surface area contributed by atoms with Gasteiger partial charge in [0.15, 0.2) is 0 Å². The number of hydrogen-bond donors (Lipinski definition) is 3. The quantitative estimate of drug-likeness (QED) is 0.693. The molecule has 102 valence electrons. The van der Waals surface area contributed by atoms with Crippen LogP contribution in [0.15, 0.2) is 24.3 Å². The van der Waals surface area contributed by atoms with Gasteiger partial charge in [-0.1, -0.05) is 18.2 Å². The summed E-state index contributed by atoms with van der Waals surface area (Å²) in [5, 5.41) is 9.51. The Kier molecular flexibility index (Phi) is 4.37. The first-order chi connectivity index (χ1) is 8.14. The van der Waals surface area contributed by atoms with E-state index in [0.717, 1.165) is 0 Å². The first-order valence-corrected chi connectivity index (χ1v) is 7.32. The highest BCUT2D eigenvalue weighted by Crippen LogP contribution is 2.16. The van der Waals surface area contributed by atoms with E-state index in [1.807, 2.05) is 0 Å². The molecule has 5 nitrogen and oxygen atoms in total. The molecule has 0 heterocycles. The van der Waals surface area contributed by atoms with Crippen molar-refractivity contribution in [3.63, 3.8) is 0 Å². The summed E-state index contributed by atoms with van der Waals surface area (Å²) < 4.78 is 26.5. The van der Waals surface area contributed by atoms with Gasteiger partial charge in [-0.25, -0.2) is 13.1 Å². The number of nitrogens with two attached hydrogens (primary N) is 1. The van der Waals surface area contributed by atoms with Gasteiger partial charge < -0.3 is 10.8 Å². The number of aliphatic hydroxyl groups is 1. The van der Waals surface area contributed by atoms with Crippen LogP contribution in [0.3, 0.4) is 0 Å². The second kappa shape index (κ2) is 5.26. The number of benzene rings is 1. The summed E-state index contributed by atoms with van der Waals surface area (Å²) in [5.74, 6) is -0.199. The number of nitrogen functional groups attached to an aromatic ring is 1. The van der Waals surface area contributed by atoms with Crippen molar-refractivity contribution in [2.75, 3.05) is 5.73 Å². The van der Waals surface area contributed by atoms with Crippen LogP contribution in [0.1, 0.15) is 26.3 Å². The molecule has 0 aliphatic carbocycles. The molecule has 18 heavy (non-hydrogen) atoms. The van der Waals surface area contributed by atoms with Crippen LogP contribution in [0.2, 0.25) is 0 Å². The molecule has 0 saturated carbocycles. The number of anilines is 1. The zero-order chi connectivity index (χ0) is 14.0. The van der Waals surface area contributed by atoms with Crippen molar-refractivity contribution in [1.82, 2.24) is 4.72 Å². The molecule has 0 aromatic heterocycles. The number of aliphatic hydroxyl groups excluding tert-OH is 1. The fourth-order valence-corrected chi connectivity index (χ4v) is 3.11. The van der Waals surface area contributed by atoms with Gasteiger partial charge in [0.2, 0.25) is 10.0 Å². The molecule has 1 aromatic rings. The fourth-order valence-electron chi connectivity index (χ4n) is 1.39. The van der Waals surface area contributed by atoms with Crippen molar-refractivity contribution in [3.8, 4) is 0 Å². The summed E-state index contributed by atoms with van der Waals surface area (Å²) in [6.07, 6.45) is -0.791. The van der Waals surface area contributed by atoms with E-state index in [-0.39, 0.29) is 5.75 Å².